The molecule has 3 heterocycles. The Morgan fingerprint density at radius 3 is 2.96 bits per heavy atom. The van der Waals surface area contributed by atoms with E-state index in [9.17, 15) is 4.79 Å². The molecule has 1 saturated heterocycles. The van der Waals surface area contributed by atoms with Crippen molar-refractivity contribution in [3.05, 3.63) is 46.6 Å². The average molecular weight is 355 g/mol. The summed E-state index contributed by atoms with van der Waals surface area (Å²) in [5, 5.41) is 7.10. The first-order chi connectivity index (χ1) is 12.7. The zero-order chi connectivity index (χ0) is 18.4. The molecule has 0 spiro atoms. The van der Waals surface area contributed by atoms with E-state index < -0.39 is 0 Å². The van der Waals surface area contributed by atoms with E-state index >= 15 is 0 Å². The summed E-state index contributed by atoms with van der Waals surface area (Å²) in [5.74, 6) is 0.697. The molecule has 1 atom stereocenters. The van der Waals surface area contributed by atoms with Gasteiger partial charge in [-0.2, -0.15) is 0 Å². The predicted octanol–water partition coefficient (Wildman–Crippen LogP) is 3.41. The second-order valence-corrected chi connectivity index (χ2v) is 6.54. The predicted molar refractivity (Wildman–Crippen MR) is 99.7 cm³/mol. The minimum atomic E-state index is -0.111. The largest absolute Gasteiger partial charge is 0.379 e. The van der Waals surface area contributed by atoms with E-state index in [-0.39, 0.29) is 11.9 Å². The molecule has 0 bridgehead atoms. The summed E-state index contributed by atoms with van der Waals surface area (Å²) >= 11 is 0. The maximum Gasteiger partial charge on any atom is 0.253 e. The molecule has 6 heteroatoms. The summed E-state index contributed by atoms with van der Waals surface area (Å²) in [6.07, 6.45) is 9.47. The van der Waals surface area contributed by atoms with Crippen molar-refractivity contribution in [1.82, 2.24) is 15.5 Å². The molecule has 0 aliphatic carbocycles. The van der Waals surface area contributed by atoms with Crippen LogP contribution < -0.4 is 5.32 Å². The lowest BCUT2D eigenvalue weighted by Gasteiger charge is -2.10. The molecule has 0 saturated carbocycles. The second kappa shape index (κ2) is 8.76. The van der Waals surface area contributed by atoms with Crippen LogP contribution in [0.3, 0.4) is 0 Å². The quantitative estimate of drug-likeness (QED) is 0.823. The highest BCUT2D eigenvalue weighted by atomic mass is 16.5. The second-order valence-electron chi connectivity index (χ2n) is 6.54. The number of carbonyl (C=O) groups excluding carboxylic acids is 1. The Morgan fingerprint density at radius 2 is 2.27 bits per heavy atom. The van der Waals surface area contributed by atoms with Crippen LogP contribution in [0.1, 0.15) is 59.3 Å². The van der Waals surface area contributed by atoms with Crippen molar-refractivity contribution >= 4 is 18.1 Å². The number of nitrogens with zero attached hydrogens (tertiary/aromatic N) is 2. The third kappa shape index (κ3) is 4.58. The number of ether oxygens (including phenoxy) is 1. The first-order valence-corrected chi connectivity index (χ1v) is 9.15. The number of unbranched alkanes of at least 4 members (excludes halogenated alkanes) is 1. The fraction of sp³-hybridized carbons (Fsp3) is 0.450. The third-order valence-electron chi connectivity index (χ3n) is 4.48. The zero-order valence-electron chi connectivity index (χ0n) is 15.3. The standard InChI is InChI=1S/C20H25N3O3/c1-3-4-5-19-18(14(2)26-23-19)9-8-16-7-6-15(12-21-16)20(24)22-17-10-11-25-13-17/h6-9,12,17H,3-5,10-11,13H2,1-2H3,(H,22,24). The molecule has 1 N–H and O–H groups in total. The molecule has 2 aromatic rings. The lowest BCUT2D eigenvalue weighted by atomic mass is 10.1. The Labute approximate surface area is 153 Å². The molecule has 0 radical (unpaired) electrons. The van der Waals surface area contributed by atoms with E-state index in [1.165, 1.54) is 0 Å². The van der Waals surface area contributed by atoms with E-state index in [0.717, 1.165) is 48.4 Å². The van der Waals surface area contributed by atoms with Crippen LogP contribution >= 0.6 is 0 Å². The molecule has 6 nitrogen and oxygen atoms in total. The van der Waals surface area contributed by atoms with E-state index in [0.29, 0.717) is 18.8 Å². The number of nitrogens with one attached hydrogen (secondary N) is 1. The van der Waals surface area contributed by atoms with E-state index in [2.05, 4.69) is 22.4 Å². The minimum absolute atomic E-state index is 0.0974. The van der Waals surface area contributed by atoms with Crippen LogP contribution in [-0.4, -0.2) is 35.3 Å². The zero-order valence-corrected chi connectivity index (χ0v) is 15.3. The number of hydrogen-bond acceptors (Lipinski definition) is 5. The molecule has 138 valence electrons. The maximum atomic E-state index is 12.2. The number of rotatable bonds is 7. The monoisotopic (exact) mass is 355 g/mol. The van der Waals surface area contributed by atoms with Crippen molar-refractivity contribution in [1.29, 1.82) is 0 Å². The molecule has 1 fully saturated rings. The summed E-state index contributed by atoms with van der Waals surface area (Å²) < 4.78 is 10.6. The molecule has 1 unspecified atom stereocenters. The van der Waals surface area contributed by atoms with Crippen LogP contribution in [0.2, 0.25) is 0 Å². The van der Waals surface area contributed by atoms with Crippen LogP contribution in [0, 0.1) is 6.92 Å². The Balaban J connectivity index is 1.64. The molecule has 26 heavy (non-hydrogen) atoms. The highest BCUT2D eigenvalue weighted by Crippen LogP contribution is 2.18. The Hall–Kier alpha value is -2.47. The Bertz CT molecular complexity index is 759. The van der Waals surface area contributed by atoms with Crippen molar-refractivity contribution in [3.63, 3.8) is 0 Å². The average Bonchev–Trinajstić information content (AvgIpc) is 3.28. The smallest absolute Gasteiger partial charge is 0.253 e. The summed E-state index contributed by atoms with van der Waals surface area (Å²) in [6.45, 7) is 5.35. The van der Waals surface area contributed by atoms with Gasteiger partial charge in [0, 0.05) is 18.4 Å². The van der Waals surface area contributed by atoms with Crippen molar-refractivity contribution in [2.75, 3.05) is 13.2 Å². The van der Waals surface area contributed by atoms with Gasteiger partial charge in [0.15, 0.2) is 0 Å². The number of hydrogen-bond donors (Lipinski definition) is 1. The lowest BCUT2D eigenvalue weighted by Crippen LogP contribution is -2.35. The topological polar surface area (TPSA) is 77.2 Å². The van der Waals surface area contributed by atoms with Crippen molar-refractivity contribution in [2.45, 2.75) is 45.6 Å². The molecule has 3 rings (SSSR count). The van der Waals surface area contributed by atoms with Gasteiger partial charge in [-0.3, -0.25) is 9.78 Å². The summed E-state index contributed by atoms with van der Waals surface area (Å²) in [6, 6.07) is 3.72. The molecule has 1 amide bonds. The van der Waals surface area contributed by atoms with Gasteiger partial charge in [0.2, 0.25) is 0 Å². The number of pyridine rings is 1. The van der Waals surface area contributed by atoms with Gasteiger partial charge in [0.05, 0.1) is 29.6 Å². The highest BCUT2D eigenvalue weighted by Gasteiger charge is 2.18. The van der Waals surface area contributed by atoms with Gasteiger partial charge in [-0.1, -0.05) is 18.5 Å². The normalized spacial score (nSPS) is 17.1. The first-order valence-electron chi connectivity index (χ1n) is 9.15. The van der Waals surface area contributed by atoms with Crippen LogP contribution in [0.15, 0.2) is 22.9 Å². The fourth-order valence-corrected chi connectivity index (χ4v) is 2.89. The number of aromatic nitrogens is 2. The third-order valence-corrected chi connectivity index (χ3v) is 4.48. The SMILES string of the molecule is CCCCc1noc(C)c1C=Cc1ccc(C(=O)NC2CCOC2)cn1. The van der Waals surface area contributed by atoms with Gasteiger partial charge in [-0.15, -0.1) is 0 Å². The van der Waals surface area contributed by atoms with Crippen LogP contribution in [0.25, 0.3) is 12.2 Å². The van der Waals surface area contributed by atoms with E-state index in [4.69, 9.17) is 9.26 Å². The van der Waals surface area contributed by atoms with Crippen molar-refractivity contribution in [2.24, 2.45) is 0 Å². The maximum absolute atomic E-state index is 12.2. The first kappa shape index (κ1) is 18.3. The molecule has 2 aromatic heterocycles. The Morgan fingerprint density at radius 1 is 1.38 bits per heavy atom. The van der Waals surface area contributed by atoms with Crippen molar-refractivity contribution < 1.29 is 14.1 Å². The molecular weight excluding hydrogens is 330 g/mol. The van der Waals surface area contributed by atoms with Crippen LogP contribution in [0.5, 0.6) is 0 Å². The van der Waals surface area contributed by atoms with Crippen LogP contribution in [0.4, 0.5) is 0 Å². The van der Waals surface area contributed by atoms with Crippen molar-refractivity contribution in [3.8, 4) is 0 Å². The number of amides is 1. The van der Waals surface area contributed by atoms with E-state index in [1.54, 1.807) is 12.3 Å². The van der Waals surface area contributed by atoms with Gasteiger partial charge in [0.1, 0.15) is 5.76 Å². The van der Waals surface area contributed by atoms with Gasteiger partial charge in [0.25, 0.3) is 5.91 Å². The fourth-order valence-electron chi connectivity index (χ4n) is 2.89. The molecular formula is C20H25N3O3. The molecule has 0 aromatic carbocycles. The highest BCUT2D eigenvalue weighted by molar-refractivity contribution is 5.94. The number of carbonyl (C=O) groups is 1. The van der Waals surface area contributed by atoms with Gasteiger partial charge < -0.3 is 14.6 Å². The van der Waals surface area contributed by atoms with Gasteiger partial charge >= 0.3 is 0 Å². The summed E-state index contributed by atoms with van der Waals surface area (Å²) in [4.78, 5) is 16.6. The summed E-state index contributed by atoms with van der Waals surface area (Å²) in [5.41, 5.74) is 3.34. The minimum Gasteiger partial charge on any atom is -0.379 e. The summed E-state index contributed by atoms with van der Waals surface area (Å²) in [7, 11) is 0. The molecule has 1 aliphatic heterocycles. The van der Waals surface area contributed by atoms with E-state index in [1.807, 2.05) is 25.1 Å². The van der Waals surface area contributed by atoms with Crippen LogP contribution in [-0.2, 0) is 11.2 Å². The van der Waals surface area contributed by atoms with Gasteiger partial charge in [-0.05, 0) is 50.5 Å². The molecule has 1 aliphatic rings. The Kier molecular flexibility index (Phi) is 6.17. The lowest BCUT2D eigenvalue weighted by molar-refractivity contribution is 0.0929. The van der Waals surface area contributed by atoms with Gasteiger partial charge in [-0.25, -0.2) is 0 Å². The number of aryl methyl sites for hydroxylation is 2.